The molecule has 0 N–H and O–H groups in total. The van der Waals surface area contributed by atoms with Crippen LogP contribution in [0.4, 0.5) is 4.79 Å². The maximum absolute atomic E-state index is 12.5. The minimum absolute atomic E-state index is 0.0738. The van der Waals surface area contributed by atoms with Crippen LogP contribution in [0.25, 0.3) is 0 Å². The normalized spacial score (nSPS) is 11.8. The van der Waals surface area contributed by atoms with Crippen LogP contribution >= 0.6 is 18.5 Å². The van der Waals surface area contributed by atoms with Crippen molar-refractivity contribution in [3.63, 3.8) is 0 Å². The first-order valence-corrected chi connectivity index (χ1v) is 14.5. The van der Waals surface area contributed by atoms with E-state index in [0.717, 1.165) is 19.0 Å². The second-order valence-corrected chi connectivity index (χ2v) is 9.79. The van der Waals surface area contributed by atoms with Gasteiger partial charge >= 0.3 is 6.16 Å². The molecule has 1 aromatic heterocycles. The van der Waals surface area contributed by atoms with Gasteiger partial charge in [0.15, 0.2) is 5.69 Å². The van der Waals surface area contributed by atoms with Crippen molar-refractivity contribution in [2.75, 3.05) is 26.5 Å². The second kappa shape index (κ2) is 17.4. The predicted molar refractivity (Wildman–Crippen MR) is 164 cm³/mol. The Morgan fingerprint density at radius 2 is 1.57 bits per heavy atom. The summed E-state index contributed by atoms with van der Waals surface area (Å²) < 4.78 is 15.9. The molecule has 11 heteroatoms. The van der Waals surface area contributed by atoms with Crippen LogP contribution in [0.15, 0.2) is 59.5 Å². The van der Waals surface area contributed by atoms with Crippen molar-refractivity contribution in [3.05, 3.63) is 81.8 Å². The molecule has 2 atom stereocenters. The van der Waals surface area contributed by atoms with Crippen LogP contribution in [0, 0.1) is 0 Å². The number of hydrogen-bond donors (Lipinski definition) is 0. The third kappa shape index (κ3) is 10.0. The molecule has 4 rings (SSSR count). The fourth-order valence-electron chi connectivity index (χ4n) is 3.88. The van der Waals surface area contributed by atoms with Crippen molar-refractivity contribution in [2.24, 2.45) is 0 Å². The average molecular weight is 588 g/mol. The molecule has 3 aromatic rings. The number of amides is 1. The van der Waals surface area contributed by atoms with E-state index in [2.05, 4.69) is 81.6 Å². The first-order valence-electron chi connectivity index (χ1n) is 13.3. The molecule has 0 saturated carbocycles. The van der Waals surface area contributed by atoms with Gasteiger partial charge in [-0.25, -0.2) is 4.79 Å². The van der Waals surface area contributed by atoms with Crippen LogP contribution in [0.2, 0.25) is 0 Å². The molecule has 40 heavy (non-hydrogen) atoms. The summed E-state index contributed by atoms with van der Waals surface area (Å²) in [6, 6.07) is 17.2. The van der Waals surface area contributed by atoms with E-state index in [4.69, 9.17) is 4.74 Å². The molecule has 2 heterocycles. The molecule has 2 aromatic carbocycles. The highest BCUT2D eigenvalue weighted by atomic mass is 31.0. The van der Waals surface area contributed by atoms with Gasteiger partial charge in [-0.1, -0.05) is 69.3 Å². The summed E-state index contributed by atoms with van der Waals surface area (Å²) in [5.74, 6) is -0.496. The summed E-state index contributed by atoms with van der Waals surface area (Å²) in [4.78, 5) is 37.2. The van der Waals surface area contributed by atoms with Gasteiger partial charge in [0.05, 0.1) is 19.3 Å². The summed E-state index contributed by atoms with van der Waals surface area (Å²) in [5, 5.41) is 6.43. The third-order valence-corrected chi connectivity index (χ3v) is 6.25. The first-order chi connectivity index (χ1) is 19.3. The van der Waals surface area contributed by atoms with Gasteiger partial charge in [-0.05, 0) is 41.5 Å². The summed E-state index contributed by atoms with van der Waals surface area (Å²) >= 11 is 0. The lowest BCUT2D eigenvalue weighted by molar-refractivity contribution is 0.00549. The molecule has 0 radical (unpaired) electrons. The lowest BCUT2D eigenvalue weighted by Crippen LogP contribution is -2.43. The molecule has 1 amide bonds. The van der Waals surface area contributed by atoms with Gasteiger partial charge in [0.25, 0.3) is 5.91 Å². The van der Waals surface area contributed by atoms with Crippen molar-refractivity contribution in [1.82, 2.24) is 14.7 Å². The van der Waals surface area contributed by atoms with Crippen molar-refractivity contribution in [3.8, 4) is 5.75 Å². The van der Waals surface area contributed by atoms with E-state index in [1.54, 1.807) is 11.8 Å². The molecule has 2 unspecified atom stereocenters. The van der Waals surface area contributed by atoms with E-state index in [1.165, 1.54) is 26.4 Å². The molecule has 9 nitrogen and oxygen atoms in total. The van der Waals surface area contributed by atoms with Crippen molar-refractivity contribution in [1.29, 1.82) is 0 Å². The van der Waals surface area contributed by atoms with Gasteiger partial charge in [0, 0.05) is 13.1 Å². The second-order valence-electron chi connectivity index (χ2n) is 8.46. The van der Waals surface area contributed by atoms with Gasteiger partial charge in [-0.2, -0.15) is 5.10 Å². The van der Waals surface area contributed by atoms with E-state index in [9.17, 15) is 14.4 Å². The van der Waals surface area contributed by atoms with Gasteiger partial charge in [0.1, 0.15) is 0 Å². The predicted octanol–water partition coefficient (Wildman–Crippen LogP) is 3.92. The van der Waals surface area contributed by atoms with Crippen molar-refractivity contribution in [2.45, 2.75) is 47.1 Å². The zero-order valence-corrected chi connectivity index (χ0v) is 25.9. The first kappa shape index (κ1) is 32.9. The maximum atomic E-state index is 12.5. The third-order valence-electron chi connectivity index (χ3n) is 5.53. The van der Waals surface area contributed by atoms with Gasteiger partial charge in [0.2, 0.25) is 18.0 Å². The van der Waals surface area contributed by atoms with Crippen molar-refractivity contribution >= 4 is 41.2 Å². The lowest BCUT2D eigenvalue weighted by atomic mass is 10.1. The SMILES string of the molecule is CC.CCCN1CCn2ncc(=O)c(OCOC(=O)OCC)c2C1=O.Pc1cccc(Cc2cccc(P)c2)c1. The summed E-state index contributed by atoms with van der Waals surface area (Å²) in [6.45, 7) is 8.81. The van der Waals surface area contributed by atoms with Crippen LogP contribution in [0.3, 0.4) is 0 Å². The highest BCUT2D eigenvalue weighted by Gasteiger charge is 2.29. The number of hydrogen-bond acceptors (Lipinski definition) is 7. The molecule has 1 aliphatic heterocycles. The Balaban J connectivity index is 0.000000284. The Labute approximate surface area is 240 Å². The highest BCUT2D eigenvalue weighted by Crippen LogP contribution is 2.19. The molecular weight excluding hydrogens is 548 g/mol. The van der Waals surface area contributed by atoms with E-state index >= 15 is 0 Å². The Morgan fingerprint density at radius 3 is 2.12 bits per heavy atom. The van der Waals surface area contributed by atoms with E-state index in [0.29, 0.717) is 19.6 Å². The van der Waals surface area contributed by atoms with E-state index < -0.39 is 18.4 Å². The smallest absolute Gasteiger partial charge is 0.451 e. The fourth-order valence-corrected chi connectivity index (χ4v) is 4.53. The van der Waals surface area contributed by atoms with Crippen molar-refractivity contribution < 1.29 is 23.8 Å². The molecule has 0 saturated heterocycles. The Hall–Kier alpha value is -3.28. The Morgan fingerprint density at radius 1 is 0.950 bits per heavy atom. The zero-order chi connectivity index (χ0) is 29.5. The quantitative estimate of drug-likeness (QED) is 0.224. The van der Waals surface area contributed by atoms with Crippen LogP contribution < -0.4 is 20.8 Å². The van der Waals surface area contributed by atoms with Crippen LogP contribution in [0.5, 0.6) is 5.75 Å². The molecular formula is C29H39N3O6P2. The minimum Gasteiger partial charge on any atom is -0.451 e. The number of benzene rings is 2. The van der Waals surface area contributed by atoms with Crippen LogP contribution in [-0.4, -0.2) is 53.2 Å². The molecule has 0 aliphatic carbocycles. The number of ether oxygens (including phenoxy) is 3. The van der Waals surface area contributed by atoms with E-state index in [-0.39, 0.29) is 24.0 Å². The average Bonchev–Trinajstić information content (AvgIpc) is 2.93. The molecule has 1 aliphatic rings. The van der Waals surface area contributed by atoms with Gasteiger partial charge < -0.3 is 19.1 Å². The number of nitrogens with zero attached hydrogens (tertiary/aromatic N) is 3. The standard InChI is InChI=1S/C14H19N3O6.C13H14P2.C2H6/c1-3-5-16-6-7-17-11(13(16)19)12(10(18)8-15-17)22-9-23-14(20)21-4-2;14-12-5-1-3-10(8-12)7-11-4-2-6-13(15)9-11;1-2/h8H,3-7,9H2,1-2H3;1-6,8-9H,7,14-15H2;1-2H3. The summed E-state index contributed by atoms with van der Waals surface area (Å²) in [5.41, 5.74) is 2.25. The number of carbonyl (C=O) groups is 2. The van der Waals surface area contributed by atoms with Crippen LogP contribution in [0.1, 0.15) is 55.7 Å². The van der Waals surface area contributed by atoms with E-state index in [1.807, 2.05) is 20.8 Å². The summed E-state index contributed by atoms with van der Waals surface area (Å²) in [6.07, 6.45) is 1.98. The Kier molecular flexibility index (Phi) is 14.3. The number of rotatable bonds is 8. The monoisotopic (exact) mass is 587 g/mol. The molecule has 0 spiro atoms. The largest absolute Gasteiger partial charge is 0.511 e. The highest BCUT2D eigenvalue weighted by molar-refractivity contribution is 7.27. The Bertz CT molecular complexity index is 1270. The van der Waals surface area contributed by atoms with Crippen LogP contribution in [-0.2, 0) is 22.4 Å². The topological polar surface area (TPSA) is 100.0 Å². The fraction of sp³-hybridized carbons (Fsp3) is 0.379. The molecule has 0 bridgehead atoms. The van der Waals surface area contributed by atoms with Gasteiger partial charge in [-0.15, -0.1) is 18.5 Å². The van der Waals surface area contributed by atoms with Gasteiger partial charge in [-0.3, -0.25) is 14.3 Å². The minimum atomic E-state index is -0.908. The lowest BCUT2D eigenvalue weighted by Gasteiger charge is -2.29. The molecule has 0 fully saturated rings. The summed E-state index contributed by atoms with van der Waals surface area (Å²) in [7, 11) is 5.47. The number of carbonyl (C=O) groups excluding carboxylic acids is 2. The number of fused-ring (bicyclic) bond motifs is 1. The maximum Gasteiger partial charge on any atom is 0.511 e. The zero-order valence-electron chi connectivity index (χ0n) is 23.6. The molecule has 216 valence electrons. The number of aromatic nitrogens is 2.